The number of carbonyl (C=O) groups is 1. The number of halogens is 2. The van der Waals surface area contributed by atoms with Crippen molar-refractivity contribution in [2.75, 3.05) is 26.2 Å². The SMILES string of the molecule is Cc1nc(-c2ccc(Cl)cc2F)sc1C(=O)N1CCC(N2CCCCCC2)CC1. The molecular formula is C22H27ClFN3OS. The van der Waals surface area contributed by atoms with E-state index in [-0.39, 0.29) is 5.91 Å². The van der Waals surface area contributed by atoms with E-state index in [0.29, 0.717) is 32.2 Å². The molecule has 2 aromatic rings. The smallest absolute Gasteiger partial charge is 0.265 e. The molecule has 2 aliphatic heterocycles. The quantitative estimate of drug-likeness (QED) is 0.648. The Kier molecular flexibility index (Phi) is 6.52. The highest BCUT2D eigenvalue weighted by molar-refractivity contribution is 7.17. The lowest BCUT2D eigenvalue weighted by molar-refractivity contribution is 0.0626. The van der Waals surface area contributed by atoms with E-state index in [1.54, 1.807) is 12.1 Å². The van der Waals surface area contributed by atoms with Crippen molar-refractivity contribution in [1.82, 2.24) is 14.8 Å². The van der Waals surface area contributed by atoms with E-state index in [4.69, 9.17) is 11.6 Å². The molecule has 0 atom stereocenters. The van der Waals surface area contributed by atoms with Gasteiger partial charge in [0, 0.05) is 29.7 Å². The molecule has 0 saturated carbocycles. The molecule has 156 valence electrons. The summed E-state index contributed by atoms with van der Waals surface area (Å²) >= 11 is 7.12. The monoisotopic (exact) mass is 435 g/mol. The van der Waals surface area contributed by atoms with Gasteiger partial charge in [-0.1, -0.05) is 24.4 Å². The summed E-state index contributed by atoms with van der Waals surface area (Å²) in [7, 11) is 0. The molecule has 0 bridgehead atoms. The number of piperidine rings is 1. The molecule has 0 unspecified atom stereocenters. The van der Waals surface area contributed by atoms with Gasteiger partial charge in [0.05, 0.1) is 5.69 Å². The maximum atomic E-state index is 14.3. The van der Waals surface area contributed by atoms with E-state index < -0.39 is 5.82 Å². The van der Waals surface area contributed by atoms with Gasteiger partial charge in [0.1, 0.15) is 15.7 Å². The number of hydrogen-bond acceptors (Lipinski definition) is 4. The fourth-order valence-electron chi connectivity index (χ4n) is 4.41. The van der Waals surface area contributed by atoms with E-state index in [0.717, 1.165) is 25.9 Å². The van der Waals surface area contributed by atoms with Gasteiger partial charge in [-0.2, -0.15) is 0 Å². The zero-order chi connectivity index (χ0) is 20.4. The molecule has 4 rings (SSSR count). The lowest BCUT2D eigenvalue weighted by atomic mass is 10.0. The molecular weight excluding hydrogens is 409 g/mol. The second-order valence-corrected chi connectivity index (χ2v) is 9.47. The predicted octanol–water partition coefficient (Wildman–Crippen LogP) is 5.39. The minimum atomic E-state index is -0.413. The molecule has 1 aromatic carbocycles. The van der Waals surface area contributed by atoms with Crippen LogP contribution < -0.4 is 0 Å². The topological polar surface area (TPSA) is 36.4 Å². The Balaban J connectivity index is 1.43. The molecule has 1 amide bonds. The highest BCUT2D eigenvalue weighted by Crippen LogP contribution is 2.32. The summed E-state index contributed by atoms with van der Waals surface area (Å²) in [5, 5.41) is 0.877. The minimum Gasteiger partial charge on any atom is -0.338 e. The third kappa shape index (κ3) is 4.65. The van der Waals surface area contributed by atoms with Crippen LogP contribution >= 0.6 is 22.9 Å². The molecule has 0 radical (unpaired) electrons. The van der Waals surface area contributed by atoms with Crippen molar-refractivity contribution in [3.63, 3.8) is 0 Å². The van der Waals surface area contributed by atoms with Gasteiger partial charge in [-0.15, -0.1) is 11.3 Å². The number of amides is 1. The molecule has 1 aromatic heterocycles. The first-order valence-corrected chi connectivity index (χ1v) is 11.7. The molecule has 2 aliphatic rings. The fraction of sp³-hybridized carbons (Fsp3) is 0.545. The molecule has 0 N–H and O–H groups in total. The standard InChI is InChI=1S/C22H27ClFN3OS/c1-15-20(29-21(25-15)18-7-6-16(23)14-19(18)24)22(28)27-12-8-17(9-13-27)26-10-4-2-3-5-11-26/h6-7,14,17H,2-5,8-13H2,1H3. The third-order valence-electron chi connectivity index (χ3n) is 6.06. The van der Waals surface area contributed by atoms with E-state index in [9.17, 15) is 9.18 Å². The zero-order valence-electron chi connectivity index (χ0n) is 16.8. The number of likely N-dealkylation sites (tertiary alicyclic amines) is 2. The van der Waals surface area contributed by atoms with Gasteiger partial charge in [0.25, 0.3) is 5.91 Å². The molecule has 0 spiro atoms. The summed E-state index contributed by atoms with van der Waals surface area (Å²) in [6, 6.07) is 5.14. The van der Waals surface area contributed by atoms with Gasteiger partial charge in [-0.3, -0.25) is 4.79 Å². The van der Waals surface area contributed by atoms with E-state index in [1.165, 1.54) is 56.2 Å². The van der Waals surface area contributed by atoms with Gasteiger partial charge >= 0.3 is 0 Å². The summed E-state index contributed by atoms with van der Waals surface area (Å²) in [5.74, 6) is -0.390. The van der Waals surface area contributed by atoms with Crippen molar-refractivity contribution in [2.24, 2.45) is 0 Å². The Morgan fingerprint density at radius 2 is 1.83 bits per heavy atom. The summed E-state index contributed by atoms with van der Waals surface area (Å²) in [4.78, 5) is 22.8. The first-order valence-electron chi connectivity index (χ1n) is 10.5. The van der Waals surface area contributed by atoms with Crippen LogP contribution in [-0.4, -0.2) is 52.9 Å². The van der Waals surface area contributed by atoms with Gasteiger partial charge in [-0.25, -0.2) is 9.37 Å². The maximum absolute atomic E-state index is 14.3. The molecule has 2 saturated heterocycles. The average Bonchev–Trinajstić information content (AvgIpc) is 2.92. The normalized spacial score (nSPS) is 19.3. The van der Waals surface area contributed by atoms with Crippen molar-refractivity contribution in [3.05, 3.63) is 39.6 Å². The van der Waals surface area contributed by atoms with Crippen LogP contribution in [0.5, 0.6) is 0 Å². The van der Waals surface area contributed by atoms with Crippen LogP contribution in [0.4, 0.5) is 4.39 Å². The maximum Gasteiger partial charge on any atom is 0.265 e. The van der Waals surface area contributed by atoms with Crippen LogP contribution in [0, 0.1) is 12.7 Å². The van der Waals surface area contributed by atoms with Crippen molar-refractivity contribution in [2.45, 2.75) is 51.5 Å². The molecule has 0 aliphatic carbocycles. The Morgan fingerprint density at radius 1 is 1.14 bits per heavy atom. The van der Waals surface area contributed by atoms with E-state index >= 15 is 0 Å². The zero-order valence-corrected chi connectivity index (χ0v) is 18.4. The molecule has 3 heterocycles. The lowest BCUT2D eigenvalue weighted by Gasteiger charge is -2.38. The Morgan fingerprint density at radius 3 is 2.48 bits per heavy atom. The summed E-state index contributed by atoms with van der Waals surface area (Å²) in [6.45, 7) is 5.78. The molecule has 4 nitrogen and oxygen atoms in total. The van der Waals surface area contributed by atoms with Crippen LogP contribution in [0.25, 0.3) is 10.6 Å². The highest BCUT2D eigenvalue weighted by atomic mass is 35.5. The Labute approximate surface area is 180 Å². The Hall–Kier alpha value is -1.50. The Bertz CT molecular complexity index is 871. The number of thiazole rings is 1. The van der Waals surface area contributed by atoms with Crippen molar-refractivity contribution < 1.29 is 9.18 Å². The molecule has 7 heteroatoms. The van der Waals surface area contributed by atoms with Crippen LogP contribution in [0.15, 0.2) is 18.2 Å². The number of hydrogen-bond donors (Lipinski definition) is 0. The minimum absolute atomic E-state index is 0.0231. The average molecular weight is 436 g/mol. The largest absolute Gasteiger partial charge is 0.338 e. The number of benzene rings is 1. The van der Waals surface area contributed by atoms with Crippen molar-refractivity contribution in [3.8, 4) is 10.6 Å². The number of nitrogens with zero attached hydrogens (tertiary/aromatic N) is 3. The number of rotatable bonds is 3. The second kappa shape index (κ2) is 9.11. The van der Waals surface area contributed by atoms with Crippen molar-refractivity contribution in [1.29, 1.82) is 0 Å². The van der Waals surface area contributed by atoms with Crippen LogP contribution in [0.3, 0.4) is 0 Å². The number of aryl methyl sites for hydroxylation is 1. The summed E-state index contributed by atoms with van der Waals surface area (Å²) < 4.78 is 14.3. The molecule has 2 fully saturated rings. The fourth-order valence-corrected chi connectivity index (χ4v) is 5.63. The number of aromatic nitrogens is 1. The van der Waals surface area contributed by atoms with Gasteiger partial charge in [-0.05, 0) is 63.9 Å². The van der Waals surface area contributed by atoms with Gasteiger partial charge in [0.15, 0.2) is 0 Å². The predicted molar refractivity (Wildman–Crippen MR) is 116 cm³/mol. The number of carbonyl (C=O) groups excluding carboxylic acids is 1. The van der Waals surface area contributed by atoms with Crippen molar-refractivity contribution >= 4 is 28.8 Å². The van der Waals surface area contributed by atoms with Gasteiger partial charge in [0.2, 0.25) is 0 Å². The van der Waals surface area contributed by atoms with Crippen LogP contribution in [-0.2, 0) is 0 Å². The highest BCUT2D eigenvalue weighted by Gasteiger charge is 2.29. The van der Waals surface area contributed by atoms with Crippen LogP contribution in [0.2, 0.25) is 5.02 Å². The summed E-state index contributed by atoms with van der Waals surface area (Å²) in [5.41, 5.74) is 1.06. The van der Waals surface area contributed by atoms with E-state index in [2.05, 4.69) is 9.88 Å². The van der Waals surface area contributed by atoms with E-state index in [1.807, 2.05) is 11.8 Å². The second-order valence-electron chi connectivity index (χ2n) is 8.03. The first-order chi connectivity index (χ1) is 14.0. The van der Waals surface area contributed by atoms with Gasteiger partial charge < -0.3 is 9.80 Å². The third-order valence-corrected chi connectivity index (χ3v) is 7.47. The first kappa shape index (κ1) is 20.8. The molecule has 29 heavy (non-hydrogen) atoms. The van der Waals surface area contributed by atoms with Crippen LogP contribution in [0.1, 0.15) is 53.9 Å². The summed E-state index contributed by atoms with van der Waals surface area (Å²) in [6.07, 6.45) is 7.33. The lowest BCUT2D eigenvalue weighted by Crippen LogP contribution is -2.47.